The molecule has 0 aliphatic heterocycles. The fourth-order valence-corrected chi connectivity index (χ4v) is 6.07. The average molecular weight is 586 g/mol. The maximum absolute atomic E-state index is 12.5. The van der Waals surface area contributed by atoms with Crippen LogP contribution in [-0.2, 0) is 23.4 Å². The molecule has 11 heteroatoms. The molecule has 0 saturated heterocycles. The third-order valence-corrected chi connectivity index (χ3v) is 9.04. The lowest BCUT2D eigenvalue weighted by Gasteiger charge is -2.35. The van der Waals surface area contributed by atoms with E-state index in [-0.39, 0.29) is 35.3 Å². The number of rotatable bonds is 24. The predicted octanol–water partition coefficient (Wildman–Crippen LogP) is 5.33. The second-order valence-electron chi connectivity index (χ2n) is 10.7. The van der Waals surface area contributed by atoms with Crippen LogP contribution < -0.4 is 16.0 Å². The quantitative estimate of drug-likeness (QED) is 0.103. The molecule has 0 radical (unpaired) electrons. The number of carbonyl (C=O) groups is 3. The molecule has 0 aromatic rings. The van der Waals surface area contributed by atoms with Crippen molar-refractivity contribution < 1.29 is 23.4 Å². The van der Waals surface area contributed by atoms with Crippen molar-refractivity contribution in [2.75, 3.05) is 26.8 Å². The SMILES string of the molecule is CCC(CC)(CCC(=O)NC)NC(=O)CCCC(=O)NCCCCCCOP(OCCC#N)N(C(C)C)C(C)C. The number of amides is 3. The van der Waals surface area contributed by atoms with Crippen LogP contribution in [0.1, 0.15) is 119 Å². The molecule has 1 unspecified atom stereocenters. The van der Waals surface area contributed by atoms with Gasteiger partial charge in [0, 0.05) is 50.5 Å². The first-order chi connectivity index (χ1) is 19.1. The van der Waals surface area contributed by atoms with Crippen molar-refractivity contribution in [3.8, 4) is 6.07 Å². The van der Waals surface area contributed by atoms with Gasteiger partial charge in [-0.25, -0.2) is 4.67 Å². The second-order valence-corrected chi connectivity index (χ2v) is 12.2. The number of hydrogen-bond donors (Lipinski definition) is 3. The summed E-state index contributed by atoms with van der Waals surface area (Å²) in [7, 11) is 0.418. The van der Waals surface area contributed by atoms with Gasteiger partial charge in [0.25, 0.3) is 8.53 Å². The van der Waals surface area contributed by atoms with Crippen molar-refractivity contribution in [2.45, 2.75) is 136 Å². The number of nitriles is 1. The summed E-state index contributed by atoms with van der Waals surface area (Å²) in [5.41, 5.74) is -0.383. The molecule has 0 aromatic carbocycles. The molecule has 1 atom stereocenters. The van der Waals surface area contributed by atoms with Gasteiger partial charge in [-0.05, 0) is 66.2 Å². The molecule has 0 aliphatic rings. The van der Waals surface area contributed by atoms with Crippen LogP contribution in [0.2, 0.25) is 0 Å². The van der Waals surface area contributed by atoms with Crippen LogP contribution in [0.4, 0.5) is 0 Å². The number of unbranched alkanes of at least 4 members (excludes halogenated alkanes) is 3. The fraction of sp³-hybridized carbons (Fsp3) is 0.862. The Morgan fingerprint density at radius 1 is 0.850 bits per heavy atom. The predicted molar refractivity (Wildman–Crippen MR) is 161 cm³/mol. The Balaban J connectivity index is 4.17. The van der Waals surface area contributed by atoms with Gasteiger partial charge in [0.05, 0.1) is 25.7 Å². The van der Waals surface area contributed by atoms with Gasteiger partial charge in [0.15, 0.2) is 0 Å². The lowest BCUT2D eigenvalue weighted by molar-refractivity contribution is -0.125. The number of carbonyl (C=O) groups excluding carboxylic acids is 3. The van der Waals surface area contributed by atoms with Crippen molar-refractivity contribution in [3.63, 3.8) is 0 Å². The van der Waals surface area contributed by atoms with Crippen LogP contribution >= 0.6 is 8.53 Å². The van der Waals surface area contributed by atoms with Crippen molar-refractivity contribution in [1.82, 2.24) is 20.6 Å². The topological polar surface area (TPSA) is 133 Å². The molecule has 0 bridgehead atoms. The minimum Gasteiger partial charge on any atom is -0.359 e. The molecular weight excluding hydrogens is 529 g/mol. The molecule has 0 spiro atoms. The fourth-order valence-electron chi connectivity index (χ4n) is 4.44. The highest BCUT2D eigenvalue weighted by Gasteiger charge is 2.29. The van der Waals surface area contributed by atoms with Crippen LogP contribution in [0.5, 0.6) is 0 Å². The zero-order chi connectivity index (χ0) is 30.4. The summed E-state index contributed by atoms with van der Waals surface area (Å²) in [6.07, 6.45) is 7.74. The molecule has 0 rings (SSSR count). The third-order valence-electron chi connectivity index (χ3n) is 6.93. The van der Waals surface area contributed by atoms with Crippen molar-refractivity contribution in [3.05, 3.63) is 0 Å². The number of hydrogen-bond acceptors (Lipinski definition) is 7. The van der Waals surface area contributed by atoms with Gasteiger partial charge in [-0.1, -0.05) is 26.7 Å². The summed E-state index contributed by atoms with van der Waals surface area (Å²) < 4.78 is 14.2. The molecule has 0 heterocycles. The lowest BCUT2D eigenvalue weighted by atomic mass is 9.87. The molecule has 0 saturated carbocycles. The molecule has 10 nitrogen and oxygen atoms in total. The zero-order valence-electron chi connectivity index (χ0n) is 26.1. The molecule has 40 heavy (non-hydrogen) atoms. The van der Waals surface area contributed by atoms with Crippen LogP contribution in [0.15, 0.2) is 0 Å². The van der Waals surface area contributed by atoms with Crippen LogP contribution in [0, 0.1) is 11.3 Å². The molecule has 232 valence electrons. The maximum atomic E-state index is 12.5. The average Bonchev–Trinajstić information content (AvgIpc) is 2.91. The van der Waals surface area contributed by atoms with Gasteiger partial charge in [-0.3, -0.25) is 14.4 Å². The van der Waals surface area contributed by atoms with Crippen molar-refractivity contribution >= 4 is 26.2 Å². The van der Waals surface area contributed by atoms with Gasteiger partial charge in [0.1, 0.15) is 0 Å². The van der Waals surface area contributed by atoms with Gasteiger partial charge in [0.2, 0.25) is 17.7 Å². The summed E-state index contributed by atoms with van der Waals surface area (Å²) in [4.78, 5) is 36.3. The molecular formula is C29H56N5O5P. The van der Waals surface area contributed by atoms with E-state index in [4.69, 9.17) is 14.3 Å². The summed E-state index contributed by atoms with van der Waals surface area (Å²) in [5.74, 6) is -0.132. The summed E-state index contributed by atoms with van der Waals surface area (Å²) in [6.45, 7) is 14.1. The van der Waals surface area contributed by atoms with E-state index in [9.17, 15) is 14.4 Å². The zero-order valence-corrected chi connectivity index (χ0v) is 27.0. The molecule has 0 fully saturated rings. The van der Waals surface area contributed by atoms with Crippen LogP contribution in [0.25, 0.3) is 0 Å². The molecule has 0 aliphatic carbocycles. The Kier molecular flexibility index (Phi) is 21.8. The largest absolute Gasteiger partial charge is 0.359 e. The Morgan fingerprint density at radius 3 is 2.02 bits per heavy atom. The first-order valence-corrected chi connectivity index (χ1v) is 16.2. The Labute approximate surface area is 244 Å². The summed E-state index contributed by atoms with van der Waals surface area (Å²) in [6, 6.07) is 2.68. The van der Waals surface area contributed by atoms with E-state index in [1.165, 1.54) is 0 Å². The van der Waals surface area contributed by atoms with Gasteiger partial charge in [-0.2, -0.15) is 5.26 Å². The highest BCUT2D eigenvalue weighted by Crippen LogP contribution is 2.46. The normalized spacial score (nSPS) is 12.4. The van der Waals surface area contributed by atoms with Gasteiger partial charge >= 0.3 is 0 Å². The summed E-state index contributed by atoms with van der Waals surface area (Å²) >= 11 is 0. The van der Waals surface area contributed by atoms with Gasteiger partial charge < -0.3 is 25.0 Å². The minimum atomic E-state index is -1.20. The van der Waals surface area contributed by atoms with E-state index in [1.54, 1.807) is 7.05 Å². The second kappa shape index (κ2) is 22.8. The molecule has 3 amide bonds. The highest BCUT2D eigenvalue weighted by atomic mass is 31.2. The first kappa shape index (κ1) is 38.2. The monoisotopic (exact) mass is 585 g/mol. The molecule has 3 N–H and O–H groups in total. The lowest BCUT2D eigenvalue weighted by Crippen LogP contribution is -2.48. The Hall–Kier alpha value is -1.79. The molecule has 0 aromatic heterocycles. The first-order valence-electron chi connectivity index (χ1n) is 15.0. The maximum Gasteiger partial charge on any atom is 0.259 e. The van der Waals surface area contributed by atoms with E-state index < -0.39 is 8.53 Å². The smallest absolute Gasteiger partial charge is 0.259 e. The van der Waals surface area contributed by atoms with Gasteiger partial charge in [-0.15, -0.1) is 0 Å². The van der Waals surface area contributed by atoms with E-state index in [0.717, 1.165) is 38.5 Å². The van der Waals surface area contributed by atoms with Crippen LogP contribution in [-0.4, -0.2) is 66.8 Å². The number of nitrogens with one attached hydrogen (secondary N) is 3. The standard InChI is InChI=1S/C29H56N5O5P/c1-8-29(9-2,19-18-26(35)31-7)33-28(37)17-14-16-27(36)32-21-12-10-11-13-22-38-40(39-23-15-20-30)34(24(3)4)25(5)6/h24-25H,8-19,21-23H2,1-7H3,(H,31,35)(H,32,36)(H,33,37). The van der Waals surface area contributed by atoms with Crippen molar-refractivity contribution in [1.29, 1.82) is 5.26 Å². The van der Waals surface area contributed by atoms with E-state index in [0.29, 0.717) is 58.3 Å². The summed E-state index contributed by atoms with van der Waals surface area (Å²) in [5, 5.41) is 17.5. The number of nitrogens with zero attached hydrogens (tertiary/aromatic N) is 2. The Bertz CT molecular complexity index is 748. The van der Waals surface area contributed by atoms with Crippen LogP contribution in [0.3, 0.4) is 0 Å². The third kappa shape index (κ3) is 17.1. The van der Waals surface area contributed by atoms with E-state index in [2.05, 4.69) is 54.4 Å². The highest BCUT2D eigenvalue weighted by molar-refractivity contribution is 7.44. The van der Waals surface area contributed by atoms with E-state index in [1.807, 2.05) is 13.8 Å². The Morgan fingerprint density at radius 2 is 1.45 bits per heavy atom. The minimum absolute atomic E-state index is 0.0302. The van der Waals surface area contributed by atoms with E-state index >= 15 is 0 Å². The van der Waals surface area contributed by atoms with Crippen molar-refractivity contribution in [2.24, 2.45) is 0 Å².